The van der Waals surface area contributed by atoms with E-state index in [1.165, 1.54) is 42.4 Å². The first-order chi connectivity index (χ1) is 16.3. The van der Waals surface area contributed by atoms with E-state index in [1.54, 1.807) is 18.2 Å². The average Bonchev–Trinajstić information content (AvgIpc) is 3.67. The summed E-state index contributed by atoms with van der Waals surface area (Å²) in [5.41, 5.74) is 5.68. The molecule has 0 unspecified atom stereocenters. The van der Waals surface area contributed by atoms with Gasteiger partial charge >= 0.3 is 0 Å². The van der Waals surface area contributed by atoms with Crippen molar-refractivity contribution in [2.24, 2.45) is 0 Å². The molecule has 3 aromatic rings. The van der Waals surface area contributed by atoms with Crippen molar-refractivity contribution in [3.8, 4) is 5.88 Å². The molecule has 5 rings (SSSR count). The second-order valence-corrected chi connectivity index (χ2v) is 11.0. The van der Waals surface area contributed by atoms with Crippen LogP contribution in [-0.2, 0) is 16.4 Å². The van der Waals surface area contributed by atoms with Gasteiger partial charge in [-0.1, -0.05) is 18.2 Å². The number of ether oxygens (including phenoxy) is 1. The first-order valence-electron chi connectivity index (χ1n) is 11.4. The Morgan fingerprint density at radius 1 is 1.12 bits per heavy atom. The number of nitrogens with zero attached hydrogens (tertiary/aromatic N) is 2. The molecule has 1 amide bonds. The number of sulfone groups is 1. The maximum Gasteiger partial charge on any atom is 0.270 e. The van der Waals surface area contributed by atoms with Gasteiger partial charge in [-0.2, -0.15) is 0 Å². The van der Waals surface area contributed by atoms with Crippen molar-refractivity contribution in [2.45, 2.75) is 37.1 Å². The highest BCUT2D eigenvalue weighted by Gasteiger charge is 2.27. The molecule has 1 saturated carbocycles. The van der Waals surface area contributed by atoms with Crippen LogP contribution in [0.5, 0.6) is 5.88 Å². The van der Waals surface area contributed by atoms with E-state index in [0.717, 1.165) is 23.5 Å². The first-order valence-corrected chi connectivity index (χ1v) is 13.3. The Balaban J connectivity index is 1.31. The van der Waals surface area contributed by atoms with Gasteiger partial charge in [-0.3, -0.25) is 4.79 Å². The minimum Gasteiger partial charge on any atom is -0.474 e. The van der Waals surface area contributed by atoms with Gasteiger partial charge in [0.25, 0.3) is 5.91 Å². The van der Waals surface area contributed by atoms with Crippen LogP contribution >= 0.6 is 0 Å². The number of nitrogens with one attached hydrogen (secondary N) is 1. The third kappa shape index (κ3) is 4.77. The monoisotopic (exact) mass is 477 g/mol. The van der Waals surface area contributed by atoms with Crippen LogP contribution < -0.4 is 15.0 Å². The van der Waals surface area contributed by atoms with Crippen LogP contribution in [0, 0.1) is 6.92 Å². The number of carbonyl (C=O) groups is 1. The lowest BCUT2D eigenvalue weighted by Gasteiger charge is -2.31. The van der Waals surface area contributed by atoms with Crippen LogP contribution in [0.25, 0.3) is 0 Å². The zero-order valence-electron chi connectivity index (χ0n) is 19.2. The molecule has 176 valence electrons. The summed E-state index contributed by atoms with van der Waals surface area (Å²) in [6, 6.07) is 16.8. The molecule has 8 heteroatoms. The Labute approximate surface area is 199 Å². The molecular weight excluding hydrogens is 450 g/mol. The topological polar surface area (TPSA) is 88.6 Å². The standard InChI is InChI=1S/C26H27N3O4S/c1-17-13-20(19-5-6-19)15-21(14-17)29-11-12-33-26-24(29)10-9-23(28-26)25(30)27-16-18-3-7-22(8-4-18)34(2,31)32/h3-4,7-10,13-15,19H,5-6,11-12,16H2,1-2H3,(H,27,30). The van der Waals surface area contributed by atoms with Crippen molar-refractivity contribution in [2.75, 3.05) is 24.3 Å². The summed E-state index contributed by atoms with van der Waals surface area (Å²) in [6.07, 6.45) is 3.68. The average molecular weight is 478 g/mol. The smallest absolute Gasteiger partial charge is 0.270 e. The number of amides is 1. The fourth-order valence-corrected chi connectivity index (χ4v) is 4.85. The molecule has 2 aromatic carbocycles. The molecule has 7 nitrogen and oxygen atoms in total. The van der Waals surface area contributed by atoms with Crippen molar-refractivity contribution in [1.29, 1.82) is 0 Å². The van der Waals surface area contributed by atoms with Crippen LogP contribution in [0.4, 0.5) is 11.4 Å². The van der Waals surface area contributed by atoms with Gasteiger partial charge in [-0.25, -0.2) is 13.4 Å². The highest BCUT2D eigenvalue weighted by Crippen LogP contribution is 2.43. The van der Waals surface area contributed by atoms with Crippen LogP contribution in [0.2, 0.25) is 0 Å². The van der Waals surface area contributed by atoms with Gasteiger partial charge in [0.1, 0.15) is 18.0 Å². The van der Waals surface area contributed by atoms with Crippen molar-refractivity contribution in [3.05, 3.63) is 77.0 Å². The Morgan fingerprint density at radius 3 is 2.59 bits per heavy atom. The number of aryl methyl sites for hydroxylation is 1. The van der Waals surface area contributed by atoms with Crippen molar-refractivity contribution in [1.82, 2.24) is 10.3 Å². The highest BCUT2D eigenvalue weighted by molar-refractivity contribution is 7.90. The summed E-state index contributed by atoms with van der Waals surface area (Å²) in [7, 11) is -3.25. The fraction of sp³-hybridized carbons (Fsp3) is 0.308. The predicted molar refractivity (Wildman–Crippen MR) is 131 cm³/mol. The van der Waals surface area contributed by atoms with Crippen molar-refractivity contribution >= 4 is 27.1 Å². The zero-order chi connectivity index (χ0) is 23.9. The Morgan fingerprint density at radius 2 is 1.88 bits per heavy atom. The predicted octanol–water partition coefficient (Wildman–Crippen LogP) is 4.13. The molecule has 0 bridgehead atoms. The molecule has 2 heterocycles. The summed E-state index contributed by atoms with van der Waals surface area (Å²) in [4.78, 5) is 19.7. The minimum atomic E-state index is -3.25. The quantitative estimate of drug-likeness (QED) is 0.574. The van der Waals surface area contributed by atoms with Gasteiger partial charge in [-0.15, -0.1) is 0 Å². The number of pyridine rings is 1. The number of hydrogen-bond acceptors (Lipinski definition) is 6. The van der Waals surface area contributed by atoms with Gasteiger partial charge < -0.3 is 15.0 Å². The number of aromatic nitrogens is 1. The van der Waals surface area contributed by atoms with Gasteiger partial charge in [-0.05, 0) is 78.8 Å². The van der Waals surface area contributed by atoms with E-state index in [1.807, 2.05) is 6.07 Å². The van der Waals surface area contributed by atoms with Crippen LogP contribution in [0.1, 0.15) is 45.9 Å². The SMILES string of the molecule is Cc1cc(C2CC2)cc(N2CCOc3nc(C(=O)NCc4ccc(S(C)(=O)=O)cc4)ccc32)c1. The lowest BCUT2D eigenvalue weighted by molar-refractivity contribution is 0.0944. The van der Waals surface area contributed by atoms with Gasteiger partial charge in [0.15, 0.2) is 9.84 Å². The van der Waals surface area contributed by atoms with Gasteiger partial charge in [0.05, 0.1) is 11.4 Å². The maximum absolute atomic E-state index is 12.7. The van der Waals surface area contributed by atoms with E-state index in [-0.39, 0.29) is 23.0 Å². The molecule has 0 radical (unpaired) electrons. The van der Waals surface area contributed by atoms with E-state index in [4.69, 9.17) is 4.74 Å². The molecule has 34 heavy (non-hydrogen) atoms. The summed E-state index contributed by atoms with van der Waals surface area (Å²) in [5.74, 6) is 0.805. The molecule has 0 spiro atoms. The second-order valence-electron chi connectivity index (χ2n) is 9.00. The van der Waals surface area contributed by atoms with Gasteiger partial charge in [0.2, 0.25) is 5.88 Å². The summed E-state index contributed by atoms with van der Waals surface area (Å²) >= 11 is 0. The minimum absolute atomic E-state index is 0.249. The third-order valence-corrected chi connectivity index (χ3v) is 7.30. The lowest BCUT2D eigenvalue weighted by atomic mass is 10.1. The number of benzene rings is 2. The Hall–Kier alpha value is -3.39. The number of carbonyl (C=O) groups excluding carboxylic acids is 1. The molecule has 1 aromatic heterocycles. The van der Waals surface area contributed by atoms with Crippen LogP contribution in [0.15, 0.2) is 59.5 Å². The molecule has 1 aliphatic heterocycles. The summed E-state index contributed by atoms with van der Waals surface area (Å²) in [5, 5.41) is 2.84. The largest absolute Gasteiger partial charge is 0.474 e. The van der Waals surface area contributed by atoms with E-state index in [0.29, 0.717) is 18.4 Å². The first kappa shape index (κ1) is 22.4. The fourth-order valence-electron chi connectivity index (χ4n) is 4.22. The molecule has 0 atom stereocenters. The molecule has 2 aliphatic rings. The maximum atomic E-state index is 12.7. The zero-order valence-corrected chi connectivity index (χ0v) is 20.1. The van der Waals surface area contributed by atoms with E-state index < -0.39 is 9.84 Å². The summed E-state index contributed by atoms with van der Waals surface area (Å²) in [6.45, 7) is 3.60. The normalized spacial score (nSPS) is 15.4. The summed E-state index contributed by atoms with van der Waals surface area (Å²) < 4.78 is 29.0. The second kappa shape index (κ2) is 8.76. The van der Waals surface area contributed by atoms with Crippen molar-refractivity contribution in [3.63, 3.8) is 0 Å². The number of hydrogen-bond donors (Lipinski definition) is 1. The van der Waals surface area contributed by atoms with E-state index in [9.17, 15) is 13.2 Å². The van der Waals surface area contributed by atoms with Gasteiger partial charge in [0, 0.05) is 18.5 Å². The number of rotatable bonds is 6. The van der Waals surface area contributed by atoms with E-state index in [2.05, 4.69) is 40.3 Å². The molecule has 1 fully saturated rings. The lowest BCUT2D eigenvalue weighted by Crippen LogP contribution is -2.30. The molecule has 1 N–H and O–H groups in total. The molecular formula is C26H27N3O4S. The molecule has 1 aliphatic carbocycles. The van der Waals surface area contributed by atoms with Crippen LogP contribution in [-0.4, -0.2) is 38.7 Å². The Bertz CT molecular complexity index is 1350. The molecule has 0 saturated heterocycles. The highest BCUT2D eigenvalue weighted by atomic mass is 32.2. The Kier molecular flexibility index (Phi) is 5.77. The number of fused-ring (bicyclic) bond motifs is 1. The van der Waals surface area contributed by atoms with Crippen molar-refractivity contribution < 1.29 is 17.9 Å². The third-order valence-electron chi connectivity index (χ3n) is 6.17. The van der Waals surface area contributed by atoms with Crippen LogP contribution in [0.3, 0.4) is 0 Å². The number of anilines is 2. The van der Waals surface area contributed by atoms with E-state index >= 15 is 0 Å².